The summed E-state index contributed by atoms with van der Waals surface area (Å²) in [6, 6.07) is 5.51. The maximum absolute atomic E-state index is 12.0. The number of anilines is 2. The minimum absolute atomic E-state index is 0.0373. The van der Waals surface area contributed by atoms with Crippen LogP contribution in [0.4, 0.5) is 11.4 Å². The number of hydrogen-bond donors (Lipinski definition) is 2. The van der Waals surface area contributed by atoms with Gasteiger partial charge in [-0.05, 0) is 37.7 Å². The van der Waals surface area contributed by atoms with E-state index in [1.165, 1.54) is 0 Å². The molecule has 0 saturated carbocycles. The van der Waals surface area contributed by atoms with Crippen LogP contribution in [-0.2, 0) is 9.59 Å². The lowest BCUT2D eigenvalue weighted by Crippen LogP contribution is -2.33. The molecule has 0 unspecified atom stereocenters. The molecule has 0 aliphatic heterocycles. The first kappa shape index (κ1) is 17.2. The average molecular weight is 291 g/mol. The SMILES string of the molecule is CCC(=O)Nc1cccc(NC(=O)CN(CC)CC)c1C. The average Bonchev–Trinajstić information content (AvgIpc) is 2.48. The van der Waals surface area contributed by atoms with Crippen LogP contribution in [-0.4, -0.2) is 36.3 Å². The lowest BCUT2D eigenvalue weighted by molar-refractivity contribution is -0.117. The van der Waals surface area contributed by atoms with Crippen LogP contribution in [0.3, 0.4) is 0 Å². The van der Waals surface area contributed by atoms with Crippen LogP contribution in [0.1, 0.15) is 32.8 Å². The van der Waals surface area contributed by atoms with Crippen LogP contribution in [0.5, 0.6) is 0 Å². The third-order valence-corrected chi connectivity index (χ3v) is 3.46. The molecule has 2 amide bonds. The van der Waals surface area contributed by atoms with Crippen molar-refractivity contribution in [1.82, 2.24) is 4.90 Å². The van der Waals surface area contributed by atoms with Crippen molar-refractivity contribution in [1.29, 1.82) is 0 Å². The Labute approximate surface area is 126 Å². The second-order valence-electron chi connectivity index (χ2n) is 4.89. The highest BCUT2D eigenvalue weighted by atomic mass is 16.2. The number of amides is 2. The lowest BCUT2D eigenvalue weighted by atomic mass is 10.1. The fourth-order valence-electron chi connectivity index (χ4n) is 1.99. The van der Waals surface area contributed by atoms with E-state index in [2.05, 4.69) is 10.6 Å². The lowest BCUT2D eigenvalue weighted by Gasteiger charge is -2.18. The van der Waals surface area contributed by atoms with Crippen LogP contribution < -0.4 is 10.6 Å². The number of benzene rings is 1. The van der Waals surface area contributed by atoms with E-state index in [1.807, 2.05) is 43.9 Å². The predicted molar refractivity (Wildman–Crippen MR) is 86.5 cm³/mol. The van der Waals surface area contributed by atoms with Crippen molar-refractivity contribution in [2.75, 3.05) is 30.3 Å². The molecule has 0 aliphatic carbocycles. The van der Waals surface area contributed by atoms with Gasteiger partial charge in [-0.15, -0.1) is 0 Å². The Hall–Kier alpha value is -1.88. The summed E-state index contributed by atoms with van der Waals surface area (Å²) < 4.78 is 0. The quantitative estimate of drug-likeness (QED) is 0.812. The van der Waals surface area contributed by atoms with Gasteiger partial charge in [-0.25, -0.2) is 0 Å². The standard InChI is InChI=1S/C16H25N3O2/c1-5-15(20)17-13-9-8-10-14(12(13)4)18-16(21)11-19(6-2)7-3/h8-10H,5-7,11H2,1-4H3,(H,17,20)(H,18,21). The Morgan fingerprint density at radius 1 is 1.00 bits per heavy atom. The summed E-state index contributed by atoms with van der Waals surface area (Å²) in [6.07, 6.45) is 0.429. The second kappa shape index (κ2) is 8.42. The monoisotopic (exact) mass is 291 g/mol. The Morgan fingerprint density at radius 2 is 1.52 bits per heavy atom. The van der Waals surface area contributed by atoms with Crippen molar-refractivity contribution in [2.45, 2.75) is 34.1 Å². The van der Waals surface area contributed by atoms with E-state index in [1.54, 1.807) is 6.92 Å². The number of nitrogens with zero attached hydrogens (tertiary/aromatic N) is 1. The fraction of sp³-hybridized carbons (Fsp3) is 0.500. The fourth-order valence-corrected chi connectivity index (χ4v) is 1.99. The second-order valence-corrected chi connectivity index (χ2v) is 4.89. The molecule has 0 bridgehead atoms. The van der Waals surface area contributed by atoms with Gasteiger partial charge < -0.3 is 10.6 Å². The number of nitrogens with one attached hydrogen (secondary N) is 2. The maximum Gasteiger partial charge on any atom is 0.238 e. The summed E-state index contributed by atoms with van der Waals surface area (Å²) >= 11 is 0. The van der Waals surface area contributed by atoms with E-state index in [4.69, 9.17) is 0 Å². The molecule has 2 N–H and O–H groups in total. The number of likely N-dealkylation sites (N-methyl/N-ethyl adjacent to an activating group) is 1. The first-order chi connectivity index (χ1) is 10.0. The zero-order valence-corrected chi connectivity index (χ0v) is 13.3. The van der Waals surface area contributed by atoms with Gasteiger partial charge in [0, 0.05) is 17.8 Å². The number of hydrogen-bond acceptors (Lipinski definition) is 3. The molecular formula is C16H25N3O2. The van der Waals surface area contributed by atoms with Gasteiger partial charge in [0.25, 0.3) is 0 Å². The van der Waals surface area contributed by atoms with Crippen molar-refractivity contribution in [3.8, 4) is 0 Å². The summed E-state index contributed by atoms with van der Waals surface area (Å²) in [6.45, 7) is 9.81. The molecule has 0 atom stereocenters. The first-order valence-electron chi connectivity index (χ1n) is 7.43. The van der Waals surface area contributed by atoms with Crippen molar-refractivity contribution in [3.05, 3.63) is 23.8 Å². The predicted octanol–water partition coefficient (Wildman–Crippen LogP) is 2.62. The molecule has 0 aromatic heterocycles. The molecular weight excluding hydrogens is 266 g/mol. The largest absolute Gasteiger partial charge is 0.326 e. The molecule has 1 aromatic rings. The highest BCUT2D eigenvalue weighted by Crippen LogP contribution is 2.23. The van der Waals surface area contributed by atoms with Crippen LogP contribution in [0.15, 0.2) is 18.2 Å². The van der Waals surface area contributed by atoms with Gasteiger partial charge in [-0.3, -0.25) is 14.5 Å². The first-order valence-corrected chi connectivity index (χ1v) is 7.43. The normalized spacial score (nSPS) is 10.5. The zero-order valence-electron chi connectivity index (χ0n) is 13.3. The molecule has 5 nitrogen and oxygen atoms in total. The molecule has 1 rings (SSSR count). The smallest absolute Gasteiger partial charge is 0.238 e. The minimum Gasteiger partial charge on any atom is -0.326 e. The molecule has 0 radical (unpaired) electrons. The van der Waals surface area contributed by atoms with E-state index in [-0.39, 0.29) is 11.8 Å². The molecule has 0 aliphatic rings. The van der Waals surface area contributed by atoms with Crippen molar-refractivity contribution in [3.63, 3.8) is 0 Å². The van der Waals surface area contributed by atoms with Crippen LogP contribution >= 0.6 is 0 Å². The molecule has 21 heavy (non-hydrogen) atoms. The van der Waals surface area contributed by atoms with E-state index in [9.17, 15) is 9.59 Å². The molecule has 0 spiro atoms. The Morgan fingerprint density at radius 3 is 2.00 bits per heavy atom. The van der Waals surface area contributed by atoms with Crippen LogP contribution in [0.2, 0.25) is 0 Å². The van der Waals surface area contributed by atoms with Gasteiger partial charge in [0.2, 0.25) is 11.8 Å². The topological polar surface area (TPSA) is 61.4 Å². The zero-order chi connectivity index (χ0) is 15.8. The highest BCUT2D eigenvalue weighted by molar-refractivity contribution is 5.96. The van der Waals surface area contributed by atoms with Gasteiger partial charge >= 0.3 is 0 Å². The molecule has 116 valence electrons. The number of carbonyl (C=O) groups excluding carboxylic acids is 2. The minimum atomic E-state index is -0.0410. The Kier molecular flexibility index (Phi) is 6.88. The van der Waals surface area contributed by atoms with E-state index < -0.39 is 0 Å². The van der Waals surface area contributed by atoms with Gasteiger partial charge in [0.1, 0.15) is 0 Å². The van der Waals surface area contributed by atoms with Gasteiger partial charge in [-0.2, -0.15) is 0 Å². The van der Waals surface area contributed by atoms with E-state index in [0.29, 0.717) is 13.0 Å². The highest BCUT2D eigenvalue weighted by Gasteiger charge is 2.11. The summed E-state index contributed by atoms with van der Waals surface area (Å²) in [5.41, 5.74) is 2.34. The van der Waals surface area contributed by atoms with Crippen molar-refractivity contribution < 1.29 is 9.59 Å². The summed E-state index contributed by atoms with van der Waals surface area (Å²) in [4.78, 5) is 25.6. The Bertz CT molecular complexity index is 496. The van der Waals surface area contributed by atoms with Crippen LogP contribution in [0.25, 0.3) is 0 Å². The van der Waals surface area contributed by atoms with Gasteiger partial charge in [-0.1, -0.05) is 26.8 Å². The Balaban J connectivity index is 2.77. The third kappa shape index (κ3) is 5.19. The van der Waals surface area contributed by atoms with Crippen molar-refractivity contribution in [2.24, 2.45) is 0 Å². The molecule has 0 saturated heterocycles. The molecule has 0 fully saturated rings. The number of rotatable bonds is 7. The summed E-state index contributed by atoms with van der Waals surface area (Å²) in [7, 11) is 0. The van der Waals surface area contributed by atoms with E-state index in [0.717, 1.165) is 30.0 Å². The summed E-state index contributed by atoms with van der Waals surface area (Å²) in [5, 5.41) is 5.75. The van der Waals surface area contributed by atoms with E-state index >= 15 is 0 Å². The number of carbonyl (C=O) groups is 2. The molecule has 5 heteroatoms. The van der Waals surface area contributed by atoms with Gasteiger partial charge in [0.05, 0.1) is 6.54 Å². The third-order valence-electron chi connectivity index (χ3n) is 3.46. The van der Waals surface area contributed by atoms with Crippen LogP contribution in [0, 0.1) is 6.92 Å². The van der Waals surface area contributed by atoms with Crippen molar-refractivity contribution >= 4 is 23.2 Å². The maximum atomic E-state index is 12.0. The molecule has 0 heterocycles. The summed E-state index contributed by atoms with van der Waals surface area (Å²) in [5.74, 6) is -0.0783. The van der Waals surface area contributed by atoms with Gasteiger partial charge in [0.15, 0.2) is 0 Å². The molecule has 1 aromatic carbocycles.